The molecule has 0 saturated heterocycles. The van der Waals surface area contributed by atoms with Crippen LogP contribution in [0.4, 0.5) is 5.69 Å². The lowest BCUT2D eigenvalue weighted by atomic mass is 10.4. The van der Waals surface area contributed by atoms with Gasteiger partial charge in [0.05, 0.1) is 18.0 Å². The molecule has 0 aliphatic heterocycles. The molecule has 3 nitrogen and oxygen atoms in total. The molecule has 1 saturated carbocycles. The fourth-order valence-corrected chi connectivity index (χ4v) is 1.31. The van der Waals surface area contributed by atoms with E-state index in [-0.39, 0.29) is 0 Å². The Morgan fingerprint density at radius 1 is 1.58 bits per heavy atom. The van der Waals surface area contributed by atoms with Gasteiger partial charge in [0.2, 0.25) is 0 Å². The average Bonchev–Trinajstić information content (AvgIpc) is 2.81. The van der Waals surface area contributed by atoms with Gasteiger partial charge in [0.25, 0.3) is 0 Å². The summed E-state index contributed by atoms with van der Waals surface area (Å²) in [5, 5.41) is 0. The van der Waals surface area contributed by atoms with E-state index in [0.717, 1.165) is 22.3 Å². The smallest absolute Gasteiger partial charge is 0.146 e. The van der Waals surface area contributed by atoms with Crippen molar-refractivity contribution in [2.45, 2.75) is 18.9 Å². The van der Waals surface area contributed by atoms with Crippen molar-refractivity contribution < 1.29 is 4.74 Å². The first-order chi connectivity index (χ1) is 5.75. The molecular weight excluding hydrogens is 267 g/mol. The number of rotatable bonds is 2. The van der Waals surface area contributed by atoms with E-state index in [1.165, 1.54) is 0 Å². The SMILES string of the molecule is Nc1cnc(I)cc1OC1CC1. The van der Waals surface area contributed by atoms with Crippen LogP contribution in [-0.4, -0.2) is 11.1 Å². The predicted octanol–water partition coefficient (Wildman–Crippen LogP) is 1.81. The lowest BCUT2D eigenvalue weighted by Crippen LogP contribution is -2.00. The number of aromatic nitrogens is 1. The van der Waals surface area contributed by atoms with Gasteiger partial charge in [-0.05, 0) is 35.4 Å². The minimum atomic E-state index is 0.394. The number of anilines is 1. The summed E-state index contributed by atoms with van der Waals surface area (Å²) in [7, 11) is 0. The van der Waals surface area contributed by atoms with Crippen LogP contribution in [0, 0.1) is 3.70 Å². The Hall–Kier alpha value is -0.520. The van der Waals surface area contributed by atoms with E-state index in [4.69, 9.17) is 10.5 Å². The highest BCUT2D eigenvalue weighted by molar-refractivity contribution is 14.1. The van der Waals surface area contributed by atoms with Crippen molar-refractivity contribution in [3.05, 3.63) is 16.0 Å². The number of nitrogens with two attached hydrogens (primary N) is 1. The van der Waals surface area contributed by atoms with Crippen LogP contribution in [0.3, 0.4) is 0 Å². The topological polar surface area (TPSA) is 48.1 Å². The summed E-state index contributed by atoms with van der Waals surface area (Å²) >= 11 is 2.14. The van der Waals surface area contributed by atoms with Crippen molar-refractivity contribution >= 4 is 28.3 Å². The van der Waals surface area contributed by atoms with Crippen LogP contribution >= 0.6 is 22.6 Å². The molecule has 2 rings (SSSR count). The van der Waals surface area contributed by atoms with Crippen LogP contribution in [0.5, 0.6) is 5.75 Å². The largest absolute Gasteiger partial charge is 0.488 e. The minimum Gasteiger partial charge on any atom is -0.488 e. The zero-order chi connectivity index (χ0) is 8.55. The molecule has 1 aromatic rings. The molecule has 0 unspecified atom stereocenters. The summed E-state index contributed by atoms with van der Waals surface area (Å²) in [5.41, 5.74) is 6.30. The van der Waals surface area contributed by atoms with Gasteiger partial charge in [-0.2, -0.15) is 0 Å². The normalized spacial score (nSPS) is 16.1. The summed E-state index contributed by atoms with van der Waals surface area (Å²) in [5.74, 6) is 0.775. The molecule has 1 aromatic heterocycles. The number of hydrogen-bond donors (Lipinski definition) is 1. The first-order valence-electron chi connectivity index (χ1n) is 3.83. The van der Waals surface area contributed by atoms with Crippen molar-refractivity contribution in [3.8, 4) is 5.75 Å². The molecule has 1 aliphatic rings. The Morgan fingerprint density at radius 2 is 2.33 bits per heavy atom. The second-order valence-electron chi connectivity index (χ2n) is 2.86. The first-order valence-corrected chi connectivity index (χ1v) is 4.91. The highest BCUT2D eigenvalue weighted by Gasteiger charge is 2.24. The Kier molecular flexibility index (Phi) is 2.08. The maximum Gasteiger partial charge on any atom is 0.146 e. The van der Waals surface area contributed by atoms with E-state index in [1.54, 1.807) is 6.20 Å². The third-order valence-corrected chi connectivity index (χ3v) is 2.27. The predicted molar refractivity (Wildman–Crippen MR) is 55.0 cm³/mol. The van der Waals surface area contributed by atoms with Gasteiger partial charge in [-0.15, -0.1) is 0 Å². The van der Waals surface area contributed by atoms with Gasteiger partial charge in [-0.3, -0.25) is 0 Å². The molecule has 1 fully saturated rings. The Labute approximate surface area is 84.5 Å². The third-order valence-electron chi connectivity index (χ3n) is 1.68. The van der Waals surface area contributed by atoms with E-state index in [0.29, 0.717) is 11.8 Å². The van der Waals surface area contributed by atoms with Crippen LogP contribution in [0.25, 0.3) is 0 Å². The summed E-state index contributed by atoms with van der Waals surface area (Å²) in [4.78, 5) is 4.05. The van der Waals surface area contributed by atoms with Gasteiger partial charge in [0.1, 0.15) is 9.45 Å². The fraction of sp³-hybridized carbons (Fsp3) is 0.375. The zero-order valence-electron chi connectivity index (χ0n) is 6.46. The van der Waals surface area contributed by atoms with E-state index < -0.39 is 0 Å². The number of nitrogen functional groups attached to an aromatic ring is 1. The van der Waals surface area contributed by atoms with Gasteiger partial charge in [-0.1, -0.05) is 0 Å². The number of pyridine rings is 1. The standard InChI is InChI=1S/C8H9IN2O/c9-8-3-7(6(10)4-11-8)12-5-1-2-5/h3-5H,1-2,10H2. The second kappa shape index (κ2) is 3.08. The molecule has 1 heterocycles. The van der Waals surface area contributed by atoms with Crippen LogP contribution in [0.2, 0.25) is 0 Å². The lowest BCUT2D eigenvalue weighted by molar-refractivity contribution is 0.304. The van der Waals surface area contributed by atoms with E-state index in [9.17, 15) is 0 Å². The highest BCUT2D eigenvalue weighted by Crippen LogP contribution is 2.30. The number of hydrogen-bond acceptors (Lipinski definition) is 3. The van der Waals surface area contributed by atoms with E-state index in [2.05, 4.69) is 27.6 Å². The van der Waals surface area contributed by atoms with Crippen molar-refractivity contribution in [2.75, 3.05) is 5.73 Å². The molecule has 0 amide bonds. The molecule has 0 atom stereocenters. The van der Waals surface area contributed by atoms with Crippen molar-refractivity contribution in [2.24, 2.45) is 0 Å². The quantitative estimate of drug-likeness (QED) is 0.662. The molecule has 1 aliphatic carbocycles. The molecule has 12 heavy (non-hydrogen) atoms. The monoisotopic (exact) mass is 276 g/mol. The van der Waals surface area contributed by atoms with Gasteiger partial charge in [-0.25, -0.2) is 4.98 Å². The number of ether oxygens (including phenoxy) is 1. The molecule has 4 heteroatoms. The minimum absolute atomic E-state index is 0.394. The third kappa shape index (κ3) is 1.80. The Morgan fingerprint density at radius 3 is 3.00 bits per heavy atom. The van der Waals surface area contributed by atoms with Crippen molar-refractivity contribution in [1.82, 2.24) is 4.98 Å². The maximum atomic E-state index is 5.67. The second-order valence-corrected chi connectivity index (χ2v) is 3.97. The molecule has 0 aromatic carbocycles. The number of nitrogens with zero attached hydrogens (tertiary/aromatic N) is 1. The Balaban J connectivity index is 2.21. The summed E-state index contributed by atoms with van der Waals surface area (Å²) in [6, 6.07) is 1.87. The van der Waals surface area contributed by atoms with E-state index in [1.807, 2.05) is 6.07 Å². The molecule has 64 valence electrons. The van der Waals surface area contributed by atoms with Gasteiger partial charge < -0.3 is 10.5 Å². The summed E-state index contributed by atoms with van der Waals surface area (Å²) in [6.45, 7) is 0. The van der Waals surface area contributed by atoms with Crippen molar-refractivity contribution in [3.63, 3.8) is 0 Å². The van der Waals surface area contributed by atoms with Crippen LogP contribution in [0.15, 0.2) is 12.3 Å². The molecule has 0 spiro atoms. The highest BCUT2D eigenvalue weighted by atomic mass is 127. The van der Waals surface area contributed by atoms with Crippen LogP contribution in [0.1, 0.15) is 12.8 Å². The fourth-order valence-electron chi connectivity index (χ4n) is 0.891. The molecule has 2 N–H and O–H groups in total. The maximum absolute atomic E-state index is 5.67. The first kappa shape index (κ1) is 8.10. The number of halogens is 1. The van der Waals surface area contributed by atoms with Gasteiger partial charge in [0, 0.05) is 6.07 Å². The lowest BCUT2D eigenvalue weighted by Gasteiger charge is -2.06. The van der Waals surface area contributed by atoms with Gasteiger partial charge >= 0.3 is 0 Å². The molecule has 0 bridgehead atoms. The van der Waals surface area contributed by atoms with Gasteiger partial charge in [0.15, 0.2) is 0 Å². The average molecular weight is 276 g/mol. The zero-order valence-corrected chi connectivity index (χ0v) is 8.61. The Bertz CT molecular complexity index is 299. The van der Waals surface area contributed by atoms with Crippen LogP contribution in [-0.2, 0) is 0 Å². The summed E-state index contributed by atoms with van der Waals surface area (Å²) < 4.78 is 6.48. The van der Waals surface area contributed by atoms with E-state index >= 15 is 0 Å². The summed E-state index contributed by atoms with van der Waals surface area (Å²) in [6.07, 6.45) is 4.33. The molecular formula is C8H9IN2O. The molecule has 0 radical (unpaired) electrons. The van der Waals surface area contributed by atoms with Crippen LogP contribution < -0.4 is 10.5 Å². The van der Waals surface area contributed by atoms with Crippen molar-refractivity contribution in [1.29, 1.82) is 0 Å².